The Morgan fingerprint density at radius 2 is 2.04 bits per heavy atom. The van der Waals surface area contributed by atoms with Crippen LogP contribution in [0.25, 0.3) is 10.6 Å². The summed E-state index contributed by atoms with van der Waals surface area (Å²) in [5.41, 5.74) is 3.72. The third-order valence-corrected chi connectivity index (χ3v) is 4.60. The minimum absolute atomic E-state index is 0.155. The van der Waals surface area contributed by atoms with E-state index >= 15 is 0 Å². The van der Waals surface area contributed by atoms with Crippen molar-refractivity contribution in [2.75, 3.05) is 0 Å². The van der Waals surface area contributed by atoms with E-state index in [1.165, 1.54) is 5.56 Å². The molecule has 116 valence electrons. The molecular weight excluding hydrogens is 328 g/mol. The first-order valence-corrected chi connectivity index (χ1v) is 8.43. The predicted octanol–water partition coefficient (Wildman–Crippen LogP) is 4.70. The highest BCUT2D eigenvalue weighted by Gasteiger charge is 2.09. The van der Waals surface area contributed by atoms with Gasteiger partial charge in [0.15, 0.2) is 0 Å². The molecule has 0 saturated heterocycles. The van der Waals surface area contributed by atoms with E-state index in [1.807, 2.05) is 17.5 Å². The molecule has 1 N–H and O–H groups in total. The number of hydrogen-bond donors (Lipinski definition) is 1. The SMILES string of the molecule is Cc1ccccc1-c1nc(CNC(=O)c2cccc(Cl)c2)cs1. The summed E-state index contributed by atoms with van der Waals surface area (Å²) in [7, 11) is 0. The first-order chi connectivity index (χ1) is 11.1. The standard InChI is InChI=1S/C18H15ClN2OS/c1-12-5-2-3-8-16(12)18-21-15(11-23-18)10-20-17(22)13-6-4-7-14(19)9-13/h2-9,11H,10H2,1H3,(H,20,22). The fourth-order valence-corrected chi connectivity index (χ4v) is 3.33. The fraction of sp³-hybridized carbons (Fsp3) is 0.111. The summed E-state index contributed by atoms with van der Waals surface area (Å²) >= 11 is 7.48. The Morgan fingerprint density at radius 3 is 2.83 bits per heavy atom. The monoisotopic (exact) mass is 342 g/mol. The summed E-state index contributed by atoms with van der Waals surface area (Å²) in [5, 5.41) is 6.36. The van der Waals surface area contributed by atoms with Crippen LogP contribution in [0.3, 0.4) is 0 Å². The quantitative estimate of drug-likeness (QED) is 0.746. The van der Waals surface area contributed by atoms with Gasteiger partial charge in [0.05, 0.1) is 12.2 Å². The zero-order valence-corrected chi connectivity index (χ0v) is 14.1. The maximum absolute atomic E-state index is 12.1. The first kappa shape index (κ1) is 15.7. The molecule has 23 heavy (non-hydrogen) atoms. The second-order valence-electron chi connectivity index (χ2n) is 5.15. The van der Waals surface area contributed by atoms with Crippen molar-refractivity contribution in [2.45, 2.75) is 13.5 Å². The lowest BCUT2D eigenvalue weighted by Gasteiger charge is -2.04. The number of halogens is 1. The molecule has 3 aromatic rings. The molecular formula is C18H15ClN2OS. The smallest absolute Gasteiger partial charge is 0.251 e. The van der Waals surface area contributed by atoms with Crippen LogP contribution < -0.4 is 5.32 Å². The molecule has 0 saturated carbocycles. The molecule has 0 unspecified atom stereocenters. The van der Waals surface area contributed by atoms with Crippen LogP contribution in [-0.2, 0) is 6.54 Å². The molecule has 0 aliphatic carbocycles. The van der Waals surface area contributed by atoms with Gasteiger partial charge >= 0.3 is 0 Å². The van der Waals surface area contributed by atoms with E-state index in [2.05, 4.69) is 29.4 Å². The van der Waals surface area contributed by atoms with E-state index in [1.54, 1.807) is 35.6 Å². The number of amides is 1. The van der Waals surface area contributed by atoms with Crippen LogP contribution in [0.4, 0.5) is 0 Å². The highest BCUT2D eigenvalue weighted by Crippen LogP contribution is 2.26. The van der Waals surface area contributed by atoms with E-state index in [4.69, 9.17) is 11.6 Å². The molecule has 3 rings (SSSR count). The van der Waals surface area contributed by atoms with Crippen LogP contribution in [0.15, 0.2) is 53.9 Å². The van der Waals surface area contributed by atoms with Crippen LogP contribution in [0.5, 0.6) is 0 Å². The number of nitrogens with zero attached hydrogens (tertiary/aromatic N) is 1. The van der Waals surface area contributed by atoms with Gasteiger partial charge in [-0.2, -0.15) is 0 Å². The predicted molar refractivity (Wildman–Crippen MR) is 94.9 cm³/mol. The summed E-state index contributed by atoms with van der Waals surface area (Å²) in [6, 6.07) is 15.0. The third kappa shape index (κ3) is 3.78. The zero-order chi connectivity index (χ0) is 16.2. The lowest BCUT2D eigenvalue weighted by Crippen LogP contribution is -2.22. The van der Waals surface area contributed by atoms with Gasteiger partial charge in [0.25, 0.3) is 5.91 Å². The van der Waals surface area contributed by atoms with Crippen LogP contribution >= 0.6 is 22.9 Å². The van der Waals surface area contributed by atoms with Crippen molar-refractivity contribution < 1.29 is 4.79 Å². The van der Waals surface area contributed by atoms with Gasteiger partial charge in [0.1, 0.15) is 5.01 Å². The van der Waals surface area contributed by atoms with Gasteiger partial charge in [-0.1, -0.05) is 41.9 Å². The van der Waals surface area contributed by atoms with Crippen molar-refractivity contribution in [3.63, 3.8) is 0 Å². The minimum Gasteiger partial charge on any atom is -0.346 e. The van der Waals surface area contributed by atoms with Crippen LogP contribution in [0.2, 0.25) is 5.02 Å². The van der Waals surface area contributed by atoms with Gasteiger partial charge in [-0.15, -0.1) is 11.3 Å². The summed E-state index contributed by atoms with van der Waals surface area (Å²) < 4.78 is 0. The summed E-state index contributed by atoms with van der Waals surface area (Å²) in [6.07, 6.45) is 0. The number of aryl methyl sites for hydroxylation is 1. The van der Waals surface area contributed by atoms with Crippen molar-refractivity contribution >= 4 is 28.8 Å². The lowest BCUT2D eigenvalue weighted by molar-refractivity contribution is 0.0950. The summed E-state index contributed by atoms with van der Waals surface area (Å²) in [5.74, 6) is -0.155. The molecule has 1 heterocycles. The lowest BCUT2D eigenvalue weighted by atomic mass is 10.1. The fourth-order valence-electron chi connectivity index (χ4n) is 2.23. The van der Waals surface area contributed by atoms with Crippen molar-refractivity contribution in [1.82, 2.24) is 10.3 Å². The number of hydrogen-bond acceptors (Lipinski definition) is 3. The number of nitrogens with one attached hydrogen (secondary N) is 1. The van der Waals surface area contributed by atoms with E-state index in [0.717, 1.165) is 16.3 Å². The third-order valence-electron chi connectivity index (χ3n) is 3.44. The average molecular weight is 343 g/mol. The number of thiazole rings is 1. The van der Waals surface area contributed by atoms with E-state index in [-0.39, 0.29) is 5.91 Å². The van der Waals surface area contributed by atoms with Gasteiger partial charge in [-0.25, -0.2) is 4.98 Å². The van der Waals surface area contributed by atoms with Crippen molar-refractivity contribution in [3.8, 4) is 10.6 Å². The number of aromatic nitrogens is 1. The Balaban J connectivity index is 1.68. The molecule has 1 aromatic heterocycles. The molecule has 0 spiro atoms. The molecule has 0 radical (unpaired) electrons. The van der Waals surface area contributed by atoms with Crippen molar-refractivity contribution in [1.29, 1.82) is 0 Å². The molecule has 0 aliphatic rings. The van der Waals surface area contributed by atoms with E-state index in [0.29, 0.717) is 17.1 Å². The maximum atomic E-state index is 12.1. The van der Waals surface area contributed by atoms with E-state index in [9.17, 15) is 4.79 Å². The molecule has 0 aliphatic heterocycles. The van der Waals surface area contributed by atoms with Crippen LogP contribution in [-0.4, -0.2) is 10.9 Å². The molecule has 2 aromatic carbocycles. The minimum atomic E-state index is -0.155. The average Bonchev–Trinajstić information content (AvgIpc) is 3.02. The highest BCUT2D eigenvalue weighted by molar-refractivity contribution is 7.13. The number of benzene rings is 2. The van der Waals surface area contributed by atoms with Crippen molar-refractivity contribution in [2.24, 2.45) is 0 Å². The topological polar surface area (TPSA) is 42.0 Å². The number of rotatable bonds is 4. The van der Waals surface area contributed by atoms with E-state index < -0.39 is 0 Å². The molecule has 5 heteroatoms. The molecule has 0 bridgehead atoms. The summed E-state index contributed by atoms with van der Waals surface area (Å²) in [4.78, 5) is 16.7. The van der Waals surface area contributed by atoms with Gasteiger partial charge in [0.2, 0.25) is 0 Å². The normalized spacial score (nSPS) is 10.5. The Morgan fingerprint density at radius 1 is 1.22 bits per heavy atom. The Hall–Kier alpha value is -2.17. The van der Waals surface area contributed by atoms with Gasteiger partial charge < -0.3 is 5.32 Å². The molecule has 1 amide bonds. The zero-order valence-electron chi connectivity index (χ0n) is 12.5. The van der Waals surface area contributed by atoms with Gasteiger partial charge in [0, 0.05) is 21.5 Å². The van der Waals surface area contributed by atoms with Crippen LogP contribution in [0, 0.1) is 6.92 Å². The Labute approximate surface area is 144 Å². The van der Waals surface area contributed by atoms with Crippen LogP contribution in [0.1, 0.15) is 21.6 Å². The largest absolute Gasteiger partial charge is 0.346 e. The number of carbonyl (C=O) groups is 1. The van der Waals surface area contributed by atoms with Crippen molar-refractivity contribution in [3.05, 3.63) is 75.8 Å². The highest BCUT2D eigenvalue weighted by atomic mass is 35.5. The maximum Gasteiger partial charge on any atom is 0.251 e. The molecule has 3 nitrogen and oxygen atoms in total. The second-order valence-corrected chi connectivity index (χ2v) is 6.45. The molecule has 0 fully saturated rings. The Bertz CT molecular complexity index is 844. The van der Waals surface area contributed by atoms with Gasteiger partial charge in [-0.05, 0) is 30.7 Å². The van der Waals surface area contributed by atoms with Gasteiger partial charge in [-0.3, -0.25) is 4.79 Å². The number of carbonyl (C=O) groups excluding carboxylic acids is 1. The Kier molecular flexibility index (Phi) is 4.74. The molecule has 0 atom stereocenters. The first-order valence-electron chi connectivity index (χ1n) is 7.17. The summed E-state index contributed by atoms with van der Waals surface area (Å²) in [6.45, 7) is 2.46. The second kappa shape index (κ2) is 6.94.